The molecule has 1 rings (SSSR count). The van der Waals surface area contributed by atoms with Gasteiger partial charge in [0.05, 0.1) is 12.7 Å². The van der Waals surface area contributed by atoms with E-state index in [1.54, 1.807) is 0 Å². The van der Waals surface area contributed by atoms with Gasteiger partial charge in [0.1, 0.15) is 5.25 Å². The van der Waals surface area contributed by atoms with E-state index >= 15 is 0 Å². The van der Waals surface area contributed by atoms with E-state index in [-0.39, 0.29) is 10.6 Å². The highest BCUT2D eigenvalue weighted by atomic mass is 35.5. The Morgan fingerprint density at radius 3 is 2.35 bits per heavy atom. The Bertz CT molecular complexity index is 501. The Morgan fingerprint density at radius 2 is 1.94 bits per heavy atom. The van der Waals surface area contributed by atoms with Crippen LogP contribution in [0.5, 0.6) is 0 Å². The van der Waals surface area contributed by atoms with Crippen molar-refractivity contribution in [3.05, 3.63) is 33.8 Å². The van der Waals surface area contributed by atoms with Gasteiger partial charge in [0.2, 0.25) is 0 Å². The third-order valence-electron chi connectivity index (χ3n) is 2.36. The summed E-state index contributed by atoms with van der Waals surface area (Å²) in [6, 6.07) is 4.32. The van der Waals surface area contributed by atoms with Gasteiger partial charge in [0.25, 0.3) is 0 Å². The maximum Gasteiger partial charge on any atom is 0.155 e. The fraction of sp³-hybridized carbons (Fsp3) is 0.400. The summed E-state index contributed by atoms with van der Waals surface area (Å²) >= 11 is 11.5. The predicted molar refractivity (Wildman–Crippen MR) is 67.1 cm³/mol. The van der Waals surface area contributed by atoms with E-state index in [1.807, 2.05) is 0 Å². The van der Waals surface area contributed by atoms with Gasteiger partial charge in [-0.05, 0) is 12.1 Å². The molecule has 0 bridgehead atoms. The van der Waals surface area contributed by atoms with Gasteiger partial charge in [-0.1, -0.05) is 29.3 Å². The summed E-state index contributed by atoms with van der Waals surface area (Å²) in [7, 11) is -3.58. The maximum atomic E-state index is 11.4. The van der Waals surface area contributed by atoms with Crippen molar-refractivity contribution in [3.8, 4) is 0 Å². The van der Waals surface area contributed by atoms with E-state index in [0.29, 0.717) is 5.02 Å². The molecule has 0 saturated heterocycles. The third-order valence-corrected chi connectivity index (χ3v) is 4.43. The number of rotatable bonds is 4. The van der Waals surface area contributed by atoms with E-state index in [9.17, 15) is 13.5 Å². The Morgan fingerprint density at radius 1 is 1.35 bits per heavy atom. The number of benzene rings is 1. The molecule has 0 unspecified atom stereocenters. The number of hydrogen-bond donors (Lipinski definition) is 2. The first-order valence-corrected chi connectivity index (χ1v) is 7.41. The van der Waals surface area contributed by atoms with Crippen molar-refractivity contribution < 1.29 is 18.6 Å². The van der Waals surface area contributed by atoms with Crippen molar-refractivity contribution in [2.45, 2.75) is 11.4 Å². The Balaban J connectivity index is 3.15. The Labute approximate surface area is 110 Å². The molecule has 4 nitrogen and oxygen atoms in total. The Hall–Kier alpha value is -0.330. The monoisotopic (exact) mass is 298 g/mol. The van der Waals surface area contributed by atoms with Gasteiger partial charge >= 0.3 is 0 Å². The van der Waals surface area contributed by atoms with Crippen LogP contribution in [0.3, 0.4) is 0 Å². The molecule has 0 aliphatic rings. The van der Waals surface area contributed by atoms with Gasteiger partial charge in [-0.25, -0.2) is 8.42 Å². The van der Waals surface area contributed by atoms with Crippen LogP contribution in [-0.4, -0.2) is 36.7 Å². The molecule has 0 aliphatic heterocycles. The minimum atomic E-state index is -3.58. The summed E-state index contributed by atoms with van der Waals surface area (Å²) in [6.45, 7) is -0.682. The minimum absolute atomic E-state index is 0.159. The van der Waals surface area contributed by atoms with Gasteiger partial charge in [-0.3, -0.25) is 0 Å². The molecular weight excluding hydrogens is 287 g/mol. The topological polar surface area (TPSA) is 74.6 Å². The molecule has 0 saturated carbocycles. The molecule has 7 heteroatoms. The number of sulfone groups is 1. The van der Waals surface area contributed by atoms with Crippen LogP contribution < -0.4 is 0 Å². The molecule has 0 fully saturated rings. The zero-order valence-corrected chi connectivity index (χ0v) is 11.3. The third kappa shape index (κ3) is 3.56. The van der Waals surface area contributed by atoms with Crippen molar-refractivity contribution >= 4 is 33.0 Å². The summed E-state index contributed by atoms with van der Waals surface area (Å²) in [6.07, 6.45) is -0.444. The molecule has 2 atom stereocenters. The van der Waals surface area contributed by atoms with Crippen LogP contribution in [0, 0.1) is 0 Å². The van der Waals surface area contributed by atoms with Gasteiger partial charge in [-0.2, -0.15) is 0 Å². The number of aliphatic hydroxyl groups excluding tert-OH is 2. The molecule has 96 valence electrons. The minimum Gasteiger partial charge on any atom is -0.395 e. The second-order valence-electron chi connectivity index (χ2n) is 3.66. The highest BCUT2D eigenvalue weighted by molar-refractivity contribution is 7.91. The van der Waals surface area contributed by atoms with Gasteiger partial charge < -0.3 is 10.2 Å². The molecular formula is C10H12Cl2O4S. The van der Waals surface area contributed by atoms with Crippen LogP contribution in [-0.2, 0) is 9.84 Å². The quantitative estimate of drug-likeness (QED) is 0.882. The summed E-state index contributed by atoms with van der Waals surface area (Å²) in [5.74, 6) is 0. The fourth-order valence-corrected chi connectivity index (χ4v) is 2.82. The van der Waals surface area contributed by atoms with E-state index in [0.717, 1.165) is 6.26 Å². The Kier molecular flexibility index (Phi) is 4.80. The molecule has 0 amide bonds. The number of hydrogen-bond acceptors (Lipinski definition) is 4. The first-order valence-electron chi connectivity index (χ1n) is 4.70. The lowest BCUT2D eigenvalue weighted by molar-refractivity contribution is 0.138. The first-order chi connectivity index (χ1) is 7.77. The second kappa shape index (κ2) is 5.54. The van der Waals surface area contributed by atoms with Crippen LogP contribution in [0.25, 0.3) is 0 Å². The smallest absolute Gasteiger partial charge is 0.155 e. The van der Waals surface area contributed by atoms with Crippen LogP contribution in [0.1, 0.15) is 11.7 Å². The standard InChI is InChI=1S/C10H12Cl2O4S/c1-17(15,16)9(5-13)10(14)7-3-2-6(11)4-8(7)12/h2-4,9-10,13-14H,5H2,1H3/t9-,10+/m1/s1. The molecule has 2 N–H and O–H groups in total. The van der Waals surface area contributed by atoms with Crippen LogP contribution in [0.4, 0.5) is 0 Å². The fourth-order valence-electron chi connectivity index (χ4n) is 1.41. The van der Waals surface area contributed by atoms with Crippen molar-refractivity contribution in [2.24, 2.45) is 0 Å². The summed E-state index contributed by atoms with van der Waals surface area (Å²) in [5, 5.41) is 18.2. The van der Waals surface area contributed by atoms with Crippen LogP contribution >= 0.6 is 23.2 Å². The van der Waals surface area contributed by atoms with Crippen LogP contribution in [0.2, 0.25) is 10.0 Å². The predicted octanol–water partition coefficient (Wildman–Crippen LogP) is 1.43. The lowest BCUT2D eigenvalue weighted by Gasteiger charge is -2.20. The molecule has 0 aromatic heterocycles. The molecule has 0 aliphatic carbocycles. The van der Waals surface area contributed by atoms with Gasteiger partial charge in [0.15, 0.2) is 9.84 Å². The summed E-state index contributed by atoms with van der Waals surface area (Å²) in [5.41, 5.74) is 0.223. The zero-order valence-electron chi connectivity index (χ0n) is 8.97. The van der Waals surface area contributed by atoms with Gasteiger partial charge in [-0.15, -0.1) is 0 Å². The number of aliphatic hydroxyl groups is 2. The highest BCUT2D eigenvalue weighted by Gasteiger charge is 2.30. The molecule has 0 radical (unpaired) electrons. The van der Waals surface area contributed by atoms with E-state index in [1.165, 1.54) is 18.2 Å². The van der Waals surface area contributed by atoms with E-state index < -0.39 is 27.8 Å². The summed E-state index contributed by atoms with van der Waals surface area (Å²) < 4.78 is 22.7. The largest absolute Gasteiger partial charge is 0.395 e. The normalized spacial score (nSPS) is 15.6. The van der Waals surface area contributed by atoms with Crippen LogP contribution in [0.15, 0.2) is 18.2 Å². The lowest BCUT2D eigenvalue weighted by Crippen LogP contribution is -2.31. The average molecular weight is 299 g/mol. The van der Waals surface area contributed by atoms with E-state index in [4.69, 9.17) is 28.3 Å². The number of halogens is 2. The molecule has 1 aromatic rings. The lowest BCUT2D eigenvalue weighted by atomic mass is 10.1. The second-order valence-corrected chi connectivity index (χ2v) is 6.77. The zero-order chi connectivity index (χ0) is 13.2. The van der Waals surface area contributed by atoms with Crippen molar-refractivity contribution in [2.75, 3.05) is 12.9 Å². The average Bonchev–Trinajstić information content (AvgIpc) is 2.15. The SMILES string of the molecule is CS(=O)(=O)[C@H](CO)[C@@H](O)c1ccc(Cl)cc1Cl. The molecule has 1 aromatic carbocycles. The molecule has 17 heavy (non-hydrogen) atoms. The first kappa shape index (κ1) is 14.7. The van der Waals surface area contributed by atoms with Crippen molar-refractivity contribution in [3.63, 3.8) is 0 Å². The van der Waals surface area contributed by atoms with Crippen molar-refractivity contribution in [1.29, 1.82) is 0 Å². The molecule has 0 spiro atoms. The summed E-state index contributed by atoms with van der Waals surface area (Å²) in [4.78, 5) is 0. The van der Waals surface area contributed by atoms with Crippen molar-refractivity contribution in [1.82, 2.24) is 0 Å². The highest BCUT2D eigenvalue weighted by Crippen LogP contribution is 2.30. The molecule has 0 heterocycles. The van der Waals surface area contributed by atoms with Gasteiger partial charge in [0, 0.05) is 21.9 Å². The van der Waals surface area contributed by atoms with E-state index in [2.05, 4.69) is 0 Å². The maximum absolute atomic E-state index is 11.4.